The average molecular weight is 389 g/mol. The van der Waals surface area contributed by atoms with Gasteiger partial charge in [-0.3, -0.25) is 0 Å². The van der Waals surface area contributed by atoms with Gasteiger partial charge in [-0.05, 0) is 48.6 Å². The van der Waals surface area contributed by atoms with E-state index in [1.165, 1.54) is 24.8 Å². The van der Waals surface area contributed by atoms with Crippen LogP contribution in [0.4, 0.5) is 0 Å². The predicted molar refractivity (Wildman–Crippen MR) is 111 cm³/mol. The van der Waals surface area contributed by atoms with E-state index in [0.717, 1.165) is 37.8 Å². The van der Waals surface area contributed by atoms with E-state index in [0.29, 0.717) is 18.0 Å². The number of ether oxygens (including phenoxy) is 2. The molecule has 0 aromatic heterocycles. The number of hydrogen-bond donors (Lipinski definition) is 2. The van der Waals surface area contributed by atoms with E-state index >= 15 is 0 Å². The van der Waals surface area contributed by atoms with E-state index in [-0.39, 0.29) is 12.4 Å². The maximum Gasteiger partial charge on any atom is 0.127 e. The molecule has 1 saturated carbocycles. The molecule has 2 fully saturated rings. The summed E-state index contributed by atoms with van der Waals surface area (Å²) in [7, 11) is 0. The van der Waals surface area contributed by atoms with Crippen LogP contribution in [0.2, 0.25) is 0 Å². The molecule has 27 heavy (non-hydrogen) atoms. The number of nitrogens with one attached hydrogen (secondary N) is 2. The summed E-state index contributed by atoms with van der Waals surface area (Å²) in [5, 5.41) is 7.42. The van der Waals surface area contributed by atoms with Crippen molar-refractivity contribution in [1.82, 2.24) is 10.6 Å². The molecule has 2 N–H and O–H groups in total. The van der Waals surface area contributed by atoms with Crippen LogP contribution in [0, 0.1) is 5.92 Å². The zero-order chi connectivity index (χ0) is 17.6. The van der Waals surface area contributed by atoms with Gasteiger partial charge in [0, 0.05) is 25.2 Å². The van der Waals surface area contributed by atoms with Gasteiger partial charge in [0.1, 0.15) is 11.5 Å². The lowest BCUT2D eigenvalue weighted by atomic mass is 9.94. The quantitative estimate of drug-likeness (QED) is 0.780. The van der Waals surface area contributed by atoms with E-state index in [1.54, 1.807) is 0 Å². The maximum absolute atomic E-state index is 5.87. The van der Waals surface area contributed by atoms with Crippen LogP contribution < -0.4 is 15.4 Å². The third kappa shape index (κ3) is 5.45. The largest absolute Gasteiger partial charge is 0.457 e. The van der Waals surface area contributed by atoms with Gasteiger partial charge in [0.15, 0.2) is 0 Å². The van der Waals surface area contributed by atoms with Crippen LogP contribution in [-0.4, -0.2) is 31.8 Å². The standard InChI is InChI=1S/C22H28N2O2.ClH/c1-2-5-18(6-3-1)26-19-11-9-17(10-12-19)15-24-21-8-4-7-20(21)22-16-25-14-13-23-22;/h1-3,5-6,9-12,20-24H,4,7-8,13-16H2;1H. The molecule has 1 heterocycles. The van der Waals surface area contributed by atoms with Crippen LogP contribution in [0.5, 0.6) is 11.5 Å². The first-order chi connectivity index (χ1) is 12.9. The Morgan fingerprint density at radius 3 is 2.52 bits per heavy atom. The van der Waals surface area contributed by atoms with Crippen LogP contribution in [0.25, 0.3) is 0 Å². The van der Waals surface area contributed by atoms with E-state index in [2.05, 4.69) is 22.8 Å². The Labute approximate surface area is 168 Å². The highest BCUT2D eigenvalue weighted by Gasteiger charge is 2.34. The topological polar surface area (TPSA) is 42.5 Å². The Bertz CT molecular complexity index is 674. The van der Waals surface area contributed by atoms with Gasteiger partial charge in [0.2, 0.25) is 0 Å². The normalized spacial score (nSPS) is 25.0. The third-order valence-corrected chi connectivity index (χ3v) is 5.51. The fourth-order valence-electron chi connectivity index (χ4n) is 4.13. The monoisotopic (exact) mass is 388 g/mol. The first-order valence-corrected chi connectivity index (χ1v) is 9.75. The second-order valence-corrected chi connectivity index (χ2v) is 7.28. The highest BCUT2D eigenvalue weighted by atomic mass is 35.5. The summed E-state index contributed by atoms with van der Waals surface area (Å²) in [6.45, 7) is 3.59. The summed E-state index contributed by atoms with van der Waals surface area (Å²) < 4.78 is 11.5. The van der Waals surface area contributed by atoms with Crippen molar-refractivity contribution in [3.05, 3.63) is 60.2 Å². The molecule has 1 aliphatic carbocycles. The fourth-order valence-corrected chi connectivity index (χ4v) is 4.13. The summed E-state index contributed by atoms with van der Waals surface area (Å²) in [5.74, 6) is 2.42. The minimum absolute atomic E-state index is 0. The van der Waals surface area contributed by atoms with Crippen LogP contribution in [0.3, 0.4) is 0 Å². The number of rotatable bonds is 6. The molecule has 4 nitrogen and oxygen atoms in total. The molecule has 0 amide bonds. The average Bonchev–Trinajstić information content (AvgIpc) is 3.18. The van der Waals surface area contributed by atoms with Gasteiger partial charge in [-0.15, -0.1) is 12.4 Å². The zero-order valence-electron chi connectivity index (χ0n) is 15.6. The van der Waals surface area contributed by atoms with Gasteiger partial charge in [-0.2, -0.15) is 0 Å². The van der Waals surface area contributed by atoms with Gasteiger partial charge >= 0.3 is 0 Å². The van der Waals surface area contributed by atoms with Crippen LogP contribution in [0.15, 0.2) is 54.6 Å². The second-order valence-electron chi connectivity index (χ2n) is 7.28. The van der Waals surface area contributed by atoms with Crippen molar-refractivity contribution in [2.75, 3.05) is 19.8 Å². The zero-order valence-corrected chi connectivity index (χ0v) is 16.4. The molecule has 0 radical (unpaired) electrons. The van der Waals surface area contributed by atoms with Crippen LogP contribution in [-0.2, 0) is 11.3 Å². The van der Waals surface area contributed by atoms with E-state index in [9.17, 15) is 0 Å². The molecule has 2 aliphatic rings. The number of morpholine rings is 1. The molecule has 2 aromatic rings. The van der Waals surface area contributed by atoms with Gasteiger partial charge in [0.25, 0.3) is 0 Å². The molecular weight excluding hydrogens is 360 g/mol. The summed E-state index contributed by atoms with van der Waals surface area (Å²) in [6, 6.07) is 19.4. The van der Waals surface area contributed by atoms with Gasteiger partial charge < -0.3 is 20.1 Å². The smallest absolute Gasteiger partial charge is 0.127 e. The van der Waals surface area contributed by atoms with Crippen molar-refractivity contribution in [2.45, 2.75) is 37.9 Å². The van der Waals surface area contributed by atoms with Crippen LogP contribution in [0.1, 0.15) is 24.8 Å². The van der Waals surface area contributed by atoms with E-state index in [4.69, 9.17) is 9.47 Å². The first kappa shape index (κ1) is 20.2. The Morgan fingerprint density at radius 2 is 1.78 bits per heavy atom. The number of benzene rings is 2. The van der Waals surface area contributed by atoms with Crippen molar-refractivity contribution >= 4 is 12.4 Å². The van der Waals surface area contributed by atoms with Crippen molar-refractivity contribution in [3.63, 3.8) is 0 Å². The molecule has 146 valence electrons. The molecule has 0 spiro atoms. The minimum Gasteiger partial charge on any atom is -0.457 e. The summed E-state index contributed by atoms with van der Waals surface area (Å²) in [4.78, 5) is 0. The Kier molecular flexibility index (Phi) is 7.53. The Balaban J connectivity index is 0.00000210. The van der Waals surface area contributed by atoms with Crippen molar-refractivity contribution in [3.8, 4) is 11.5 Å². The van der Waals surface area contributed by atoms with Crippen molar-refractivity contribution < 1.29 is 9.47 Å². The van der Waals surface area contributed by atoms with E-state index < -0.39 is 0 Å². The van der Waals surface area contributed by atoms with Gasteiger partial charge in [-0.25, -0.2) is 0 Å². The Hall–Kier alpha value is -1.59. The molecule has 2 aromatic carbocycles. The van der Waals surface area contributed by atoms with Crippen molar-refractivity contribution in [2.24, 2.45) is 5.92 Å². The number of hydrogen-bond acceptors (Lipinski definition) is 4. The molecule has 5 heteroatoms. The highest BCUT2D eigenvalue weighted by molar-refractivity contribution is 5.85. The lowest BCUT2D eigenvalue weighted by Gasteiger charge is -2.33. The number of para-hydroxylation sites is 1. The van der Waals surface area contributed by atoms with Crippen LogP contribution >= 0.6 is 12.4 Å². The first-order valence-electron chi connectivity index (χ1n) is 9.75. The lowest BCUT2D eigenvalue weighted by Crippen LogP contribution is -2.50. The summed E-state index contributed by atoms with van der Waals surface area (Å²) in [5.41, 5.74) is 1.30. The highest BCUT2D eigenvalue weighted by Crippen LogP contribution is 2.30. The number of halogens is 1. The second kappa shape index (κ2) is 10.1. The summed E-state index contributed by atoms with van der Waals surface area (Å²) in [6.07, 6.45) is 3.87. The van der Waals surface area contributed by atoms with Gasteiger partial charge in [-0.1, -0.05) is 36.8 Å². The molecule has 1 saturated heterocycles. The van der Waals surface area contributed by atoms with Crippen molar-refractivity contribution in [1.29, 1.82) is 0 Å². The molecule has 3 atom stereocenters. The van der Waals surface area contributed by atoms with Gasteiger partial charge in [0.05, 0.1) is 13.2 Å². The minimum atomic E-state index is 0. The lowest BCUT2D eigenvalue weighted by molar-refractivity contribution is 0.0524. The molecular formula is C22H29ClN2O2. The summed E-state index contributed by atoms with van der Waals surface area (Å²) >= 11 is 0. The fraction of sp³-hybridized carbons (Fsp3) is 0.455. The SMILES string of the molecule is Cl.c1ccc(Oc2ccc(CNC3CCCC3C3COCCN3)cc2)cc1. The molecule has 4 rings (SSSR count). The molecule has 1 aliphatic heterocycles. The predicted octanol–water partition coefficient (Wildman–Crippen LogP) is 4.15. The van der Waals surface area contributed by atoms with E-state index in [1.807, 2.05) is 42.5 Å². The molecule has 3 unspecified atom stereocenters. The maximum atomic E-state index is 5.87. The Morgan fingerprint density at radius 1 is 1.00 bits per heavy atom. The third-order valence-electron chi connectivity index (χ3n) is 5.51. The molecule has 0 bridgehead atoms.